The van der Waals surface area contributed by atoms with Gasteiger partial charge in [0.15, 0.2) is 0 Å². The minimum absolute atomic E-state index is 0.205. The Morgan fingerprint density at radius 3 is 2.86 bits per heavy atom. The summed E-state index contributed by atoms with van der Waals surface area (Å²) >= 11 is 0. The number of hydrogen-bond donors (Lipinski definition) is 1. The van der Waals surface area contributed by atoms with E-state index in [0.29, 0.717) is 17.7 Å². The quantitative estimate of drug-likeness (QED) is 0.850. The maximum absolute atomic E-state index is 14.3. The van der Waals surface area contributed by atoms with E-state index in [-0.39, 0.29) is 11.9 Å². The number of nitrogens with one attached hydrogen (secondary N) is 1. The first-order valence-electron chi connectivity index (χ1n) is 7.06. The lowest BCUT2D eigenvalue weighted by molar-refractivity contribution is 0.387. The number of aromatic nitrogens is 3. The molecular weight excluding hydrogens is 271 g/mol. The molecule has 1 aromatic carbocycles. The van der Waals surface area contributed by atoms with Gasteiger partial charge in [0.2, 0.25) is 0 Å². The number of hydrogen-bond acceptors (Lipinski definition) is 4. The summed E-state index contributed by atoms with van der Waals surface area (Å²) in [6.07, 6.45) is 3.02. The summed E-state index contributed by atoms with van der Waals surface area (Å²) in [5, 5.41) is 7.43. The van der Waals surface area contributed by atoms with Gasteiger partial charge in [0.05, 0.1) is 7.11 Å². The van der Waals surface area contributed by atoms with Crippen LogP contribution in [0.2, 0.25) is 0 Å². The molecular formula is C15H21FN4O. The van der Waals surface area contributed by atoms with Crippen LogP contribution in [0.4, 0.5) is 4.39 Å². The van der Waals surface area contributed by atoms with Crippen molar-refractivity contribution in [2.45, 2.75) is 25.8 Å². The second kappa shape index (κ2) is 7.17. The van der Waals surface area contributed by atoms with Gasteiger partial charge < -0.3 is 10.1 Å². The molecule has 0 aliphatic rings. The molecule has 2 rings (SSSR count). The van der Waals surface area contributed by atoms with E-state index in [1.54, 1.807) is 23.9 Å². The Balaban J connectivity index is 2.34. The molecule has 1 unspecified atom stereocenters. The lowest BCUT2D eigenvalue weighted by Gasteiger charge is -2.21. The number of benzene rings is 1. The number of nitrogens with zero attached hydrogens (tertiary/aromatic N) is 3. The molecule has 114 valence electrons. The zero-order valence-corrected chi connectivity index (χ0v) is 12.6. The van der Waals surface area contributed by atoms with Crippen LogP contribution in [0.5, 0.6) is 5.75 Å². The molecule has 0 spiro atoms. The van der Waals surface area contributed by atoms with Crippen LogP contribution in [0.1, 0.15) is 30.8 Å². The number of rotatable bonds is 7. The van der Waals surface area contributed by atoms with Crippen molar-refractivity contribution < 1.29 is 9.13 Å². The van der Waals surface area contributed by atoms with E-state index in [0.717, 1.165) is 18.8 Å². The molecule has 0 bridgehead atoms. The monoisotopic (exact) mass is 292 g/mol. The molecule has 0 amide bonds. The third-order valence-electron chi connectivity index (χ3n) is 3.41. The maximum Gasteiger partial charge on any atom is 0.138 e. The lowest BCUT2D eigenvalue weighted by atomic mass is 10.0. The van der Waals surface area contributed by atoms with Crippen molar-refractivity contribution in [3.05, 3.63) is 41.7 Å². The molecule has 1 aromatic heterocycles. The van der Waals surface area contributed by atoms with Gasteiger partial charge in [-0.1, -0.05) is 13.0 Å². The fraction of sp³-hybridized carbons (Fsp3) is 0.467. The lowest BCUT2D eigenvalue weighted by Crippen LogP contribution is -2.26. The highest BCUT2D eigenvalue weighted by Gasteiger charge is 2.22. The van der Waals surface area contributed by atoms with E-state index >= 15 is 0 Å². The second-order valence-electron chi connectivity index (χ2n) is 4.87. The van der Waals surface area contributed by atoms with Crippen molar-refractivity contribution in [3.8, 4) is 5.75 Å². The average Bonchev–Trinajstić information content (AvgIpc) is 2.88. The van der Waals surface area contributed by atoms with Crippen LogP contribution >= 0.6 is 0 Å². The van der Waals surface area contributed by atoms with E-state index in [1.165, 1.54) is 12.4 Å². The zero-order valence-electron chi connectivity index (χ0n) is 12.6. The van der Waals surface area contributed by atoms with Crippen molar-refractivity contribution in [3.63, 3.8) is 0 Å². The minimum Gasteiger partial charge on any atom is -0.496 e. The van der Waals surface area contributed by atoms with E-state index in [2.05, 4.69) is 22.3 Å². The molecule has 0 saturated heterocycles. The Hall–Kier alpha value is -1.95. The van der Waals surface area contributed by atoms with Crippen LogP contribution in [-0.2, 0) is 13.5 Å². The van der Waals surface area contributed by atoms with E-state index in [9.17, 15) is 4.39 Å². The van der Waals surface area contributed by atoms with Gasteiger partial charge in [-0.05, 0) is 25.1 Å². The van der Waals surface area contributed by atoms with E-state index in [1.807, 2.05) is 7.05 Å². The summed E-state index contributed by atoms with van der Waals surface area (Å²) in [6, 6.07) is 4.67. The molecule has 0 aliphatic heterocycles. The number of ether oxygens (including phenoxy) is 1. The molecule has 0 aliphatic carbocycles. The Labute approximate surface area is 124 Å². The van der Waals surface area contributed by atoms with E-state index < -0.39 is 0 Å². The Kier molecular flexibility index (Phi) is 5.27. The van der Waals surface area contributed by atoms with E-state index in [4.69, 9.17) is 4.74 Å². The first kappa shape index (κ1) is 15.4. The predicted octanol–water partition coefficient (Wildman–Crippen LogP) is 2.25. The highest BCUT2D eigenvalue weighted by molar-refractivity contribution is 5.37. The predicted molar refractivity (Wildman–Crippen MR) is 78.7 cm³/mol. The summed E-state index contributed by atoms with van der Waals surface area (Å²) < 4.78 is 21.3. The molecule has 0 radical (unpaired) electrons. The fourth-order valence-electron chi connectivity index (χ4n) is 2.32. The average molecular weight is 292 g/mol. The second-order valence-corrected chi connectivity index (χ2v) is 4.87. The van der Waals surface area contributed by atoms with Crippen LogP contribution in [-0.4, -0.2) is 28.4 Å². The first-order chi connectivity index (χ1) is 10.2. The molecule has 0 fully saturated rings. The maximum atomic E-state index is 14.3. The van der Waals surface area contributed by atoms with Gasteiger partial charge in [-0.3, -0.25) is 4.68 Å². The molecule has 1 N–H and O–H groups in total. The minimum atomic E-state index is -0.273. The third-order valence-corrected chi connectivity index (χ3v) is 3.41. The van der Waals surface area contributed by atoms with Gasteiger partial charge in [0.1, 0.15) is 23.7 Å². The molecule has 0 saturated carbocycles. The summed E-state index contributed by atoms with van der Waals surface area (Å²) in [7, 11) is 3.38. The van der Waals surface area contributed by atoms with Crippen LogP contribution < -0.4 is 10.1 Å². The first-order valence-corrected chi connectivity index (χ1v) is 7.06. The molecule has 21 heavy (non-hydrogen) atoms. The van der Waals surface area contributed by atoms with Gasteiger partial charge in [0, 0.05) is 25.1 Å². The molecule has 2 aromatic rings. The van der Waals surface area contributed by atoms with Crippen molar-refractivity contribution in [2.75, 3.05) is 13.7 Å². The van der Waals surface area contributed by atoms with Crippen molar-refractivity contribution in [1.29, 1.82) is 0 Å². The Morgan fingerprint density at radius 1 is 1.43 bits per heavy atom. The van der Waals surface area contributed by atoms with Gasteiger partial charge in [-0.25, -0.2) is 9.37 Å². The summed E-state index contributed by atoms with van der Waals surface area (Å²) in [5.74, 6) is 1.07. The van der Waals surface area contributed by atoms with Gasteiger partial charge in [0.25, 0.3) is 0 Å². The normalized spacial score (nSPS) is 12.4. The number of halogens is 1. The highest BCUT2D eigenvalue weighted by Crippen LogP contribution is 2.29. The zero-order chi connectivity index (χ0) is 15.2. The summed E-state index contributed by atoms with van der Waals surface area (Å²) in [6.45, 7) is 2.87. The number of aryl methyl sites for hydroxylation is 1. The van der Waals surface area contributed by atoms with Crippen LogP contribution in [0, 0.1) is 5.82 Å². The third kappa shape index (κ3) is 3.58. The van der Waals surface area contributed by atoms with Crippen molar-refractivity contribution >= 4 is 0 Å². The standard InChI is InChI=1S/C15H21FN4O/c1-4-8-17-12(9-14-18-10-19-20(14)2)15-11(16)6-5-7-13(15)21-3/h5-7,10,12,17H,4,8-9H2,1-3H3. The molecule has 1 atom stereocenters. The molecule has 5 nitrogen and oxygen atoms in total. The van der Waals surface area contributed by atoms with Gasteiger partial charge in [-0.15, -0.1) is 0 Å². The largest absolute Gasteiger partial charge is 0.496 e. The SMILES string of the molecule is CCCNC(Cc1ncnn1C)c1c(F)cccc1OC. The van der Waals surface area contributed by atoms with Gasteiger partial charge in [-0.2, -0.15) is 5.10 Å². The summed E-state index contributed by atoms with van der Waals surface area (Å²) in [4.78, 5) is 4.22. The fourth-order valence-corrected chi connectivity index (χ4v) is 2.32. The topological polar surface area (TPSA) is 52.0 Å². The van der Waals surface area contributed by atoms with Crippen LogP contribution in [0.15, 0.2) is 24.5 Å². The molecule has 1 heterocycles. The summed E-state index contributed by atoms with van der Waals surface area (Å²) in [5.41, 5.74) is 0.538. The molecule has 6 heteroatoms. The Morgan fingerprint density at radius 2 is 2.24 bits per heavy atom. The van der Waals surface area contributed by atoms with Crippen molar-refractivity contribution in [1.82, 2.24) is 20.1 Å². The highest BCUT2D eigenvalue weighted by atomic mass is 19.1. The van der Waals surface area contributed by atoms with Crippen LogP contribution in [0.3, 0.4) is 0 Å². The van der Waals surface area contributed by atoms with Crippen LogP contribution in [0.25, 0.3) is 0 Å². The Bertz CT molecular complexity index is 585. The smallest absolute Gasteiger partial charge is 0.138 e. The van der Waals surface area contributed by atoms with Gasteiger partial charge >= 0.3 is 0 Å². The van der Waals surface area contributed by atoms with Crippen molar-refractivity contribution in [2.24, 2.45) is 7.05 Å². The number of methoxy groups -OCH3 is 1.